The van der Waals surface area contributed by atoms with Crippen LogP contribution in [0.5, 0.6) is 5.75 Å². The van der Waals surface area contributed by atoms with Gasteiger partial charge in [0.05, 0.1) is 11.6 Å². The summed E-state index contributed by atoms with van der Waals surface area (Å²) in [7, 11) is 1.63. The number of hydrogen-bond acceptors (Lipinski definition) is 5. The molecule has 1 aliphatic heterocycles. The van der Waals surface area contributed by atoms with Crippen LogP contribution in [0, 0.1) is 0 Å². The van der Waals surface area contributed by atoms with Gasteiger partial charge < -0.3 is 9.64 Å². The van der Waals surface area contributed by atoms with Crippen LogP contribution in [-0.4, -0.2) is 46.3 Å². The Bertz CT molecular complexity index is 824. The summed E-state index contributed by atoms with van der Waals surface area (Å²) in [5.41, 5.74) is -0.199. The third kappa shape index (κ3) is 3.42. The number of halogens is 1. The fraction of sp³-hybridized carbons (Fsp3) is 0.312. The zero-order chi connectivity index (χ0) is 17.1. The summed E-state index contributed by atoms with van der Waals surface area (Å²) >= 11 is 7.53. The van der Waals surface area contributed by atoms with E-state index in [1.807, 2.05) is 12.1 Å². The number of carbonyl (C=O) groups is 1. The van der Waals surface area contributed by atoms with Crippen LogP contribution in [-0.2, 0) is 6.54 Å². The van der Waals surface area contributed by atoms with E-state index < -0.39 is 0 Å². The van der Waals surface area contributed by atoms with Gasteiger partial charge in [0.1, 0.15) is 17.9 Å². The van der Waals surface area contributed by atoms with Crippen LogP contribution in [0.2, 0.25) is 5.02 Å². The monoisotopic (exact) mass is 365 g/mol. The van der Waals surface area contributed by atoms with Crippen molar-refractivity contribution >= 4 is 29.3 Å². The number of rotatable bonds is 5. The summed E-state index contributed by atoms with van der Waals surface area (Å²) in [5, 5.41) is 1.19. The van der Waals surface area contributed by atoms with Gasteiger partial charge in [-0.15, -0.1) is 0 Å². The zero-order valence-corrected chi connectivity index (χ0v) is 14.6. The first kappa shape index (κ1) is 16.9. The predicted octanol–water partition coefficient (Wildman–Crippen LogP) is 2.15. The lowest BCUT2D eigenvalue weighted by molar-refractivity contribution is 0.0770. The molecule has 0 bridgehead atoms. The van der Waals surface area contributed by atoms with Gasteiger partial charge in [-0.1, -0.05) is 35.5 Å². The molecular weight excluding hydrogens is 350 g/mol. The standard InChI is InChI=1S/C16H16ClN3O3S/c1-19(6-8-23-13-5-3-2-4-12(13)17)14(21)11-10-18-16-20(15(11)22)7-9-24-16/h2-5,10H,6-9H2,1H3. The Hall–Kier alpha value is -1.99. The van der Waals surface area contributed by atoms with Crippen molar-refractivity contribution in [2.75, 3.05) is 26.0 Å². The Balaban J connectivity index is 1.63. The number of ether oxygens (including phenoxy) is 1. The number of aromatic nitrogens is 2. The van der Waals surface area contributed by atoms with Gasteiger partial charge in [0.25, 0.3) is 11.5 Å². The molecule has 3 rings (SSSR count). The third-order valence-electron chi connectivity index (χ3n) is 3.65. The lowest BCUT2D eigenvalue weighted by Crippen LogP contribution is -2.36. The van der Waals surface area contributed by atoms with E-state index >= 15 is 0 Å². The summed E-state index contributed by atoms with van der Waals surface area (Å²) in [6.45, 7) is 1.20. The summed E-state index contributed by atoms with van der Waals surface area (Å²) in [6, 6.07) is 7.14. The number of para-hydroxylation sites is 1. The van der Waals surface area contributed by atoms with Crippen LogP contribution in [0.1, 0.15) is 10.4 Å². The van der Waals surface area contributed by atoms with E-state index in [0.717, 1.165) is 5.75 Å². The van der Waals surface area contributed by atoms with Gasteiger partial charge in [-0.2, -0.15) is 0 Å². The van der Waals surface area contributed by atoms with E-state index in [0.29, 0.717) is 29.0 Å². The Morgan fingerprint density at radius 3 is 3.04 bits per heavy atom. The molecule has 0 saturated carbocycles. The van der Waals surface area contributed by atoms with E-state index in [2.05, 4.69) is 4.98 Å². The molecule has 1 amide bonds. The van der Waals surface area contributed by atoms with Gasteiger partial charge in [-0.3, -0.25) is 14.2 Å². The van der Waals surface area contributed by atoms with Crippen molar-refractivity contribution in [1.29, 1.82) is 0 Å². The van der Waals surface area contributed by atoms with Crippen molar-refractivity contribution in [3.8, 4) is 5.75 Å². The Kier molecular flexibility index (Phi) is 5.11. The van der Waals surface area contributed by atoms with E-state index in [1.165, 1.54) is 22.9 Å². The lowest BCUT2D eigenvalue weighted by Gasteiger charge is -2.17. The molecule has 0 aliphatic carbocycles. The molecule has 0 N–H and O–H groups in total. The fourth-order valence-electron chi connectivity index (χ4n) is 2.33. The summed E-state index contributed by atoms with van der Waals surface area (Å²) in [5.74, 6) is 1.01. The maximum atomic E-state index is 12.5. The number of likely N-dealkylation sites (N-methyl/N-ethyl adjacent to an activating group) is 1. The average molecular weight is 366 g/mol. The maximum Gasteiger partial charge on any atom is 0.267 e. The largest absolute Gasteiger partial charge is 0.490 e. The second-order valence-electron chi connectivity index (χ2n) is 5.27. The second kappa shape index (κ2) is 7.27. The molecule has 0 spiro atoms. The van der Waals surface area contributed by atoms with Crippen LogP contribution < -0.4 is 10.3 Å². The lowest BCUT2D eigenvalue weighted by atomic mass is 10.3. The number of carbonyl (C=O) groups excluding carboxylic acids is 1. The molecule has 1 aromatic carbocycles. The zero-order valence-electron chi connectivity index (χ0n) is 13.1. The predicted molar refractivity (Wildman–Crippen MR) is 93.1 cm³/mol. The number of benzene rings is 1. The van der Waals surface area contributed by atoms with Crippen LogP contribution in [0.4, 0.5) is 0 Å². The van der Waals surface area contributed by atoms with Gasteiger partial charge in [0, 0.05) is 25.5 Å². The highest BCUT2D eigenvalue weighted by atomic mass is 35.5. The minimum Gasteiger partial charge on any atom is -0.490 e. The van der Waals surface area contributed by atoms with E-state index in [4.69, 9.17) is 16.3 Å². The minimum atomic E-state index is -0.359. The molecule has 0 radical (unpaired) electrons. The highest BCUT2D eigenvalue weighted by Gasteiger charge is 2.22. The van der Waals surface area contributed by atoms with Gasteiger partial charge in [0.2, 0.25) is 0 Å². The second-order valence-corrected chi connectivity index (χ2v) is 6.73. The topological polar surface area (TPSA) is 64.4 Å². The third-order valence-corrected chi connectivity index (χ3v) is 4.94. The first-order valence-corrected chi connectivity index (χ1v) is 8.79. The molecule has 2 aromatic rings. The molecular formula is C16H16ClN3O3S. The molecule has 0 atom stereocenters. The first-order chi connectivity index (χ1) is 11.6. The Labute approximate surface area is 148 Å². The normalized spacial score (nSPS) is 12.8. The molecule has 126 valence electrons. The number of thioether (sulfide) groups is 1. The van der Waals surface area contributed by atoms with Crippen LogP contribution >= 0.6 is 23.4 Å². The van der Waals surface area contributed by atoms with Crippen molar-refractivity contribution in [2.45, 2.75) is 11.7 Å². The molecule has 6 nitrogen and oxygen atoms in total. The van der Waals surface area contributed by atoms with Gasteiger partial charge >= 0.3 is 0 Å². The van der Waals surface area contributed by atoms with Crippen molar-refractivity contribution < 1.29 is 9.53 Å². The van der Waals surface area contributed by atoms with Crippen LogP contribution in [0.3, 0.4) is 0 Å². The van der Waals surface area contributed by atoms with Gasteiger partial charge in [-0.25, -0.2) is 4.98 Å². The first-order valence-electron chi connectivity index (χ1n) is 7.43. The highest BCUT2D eigenvalue weighted by Crippen LogP contribution is 2.23. The van der Waals surface area contributed by atoms with E-state index in [9.17, 15) is 9.59 Å². The molecule has 2 heterocycles. The fourth-order valence-corrected chi connectivity index (χ4v) is 3.43. The van der Waals surface area contributed by atoms with Crippen LogP contribution in [0.15, 0.2) is 40.4 Å². The summed E-state index contributed by atoms with van der Waals surface area (Å²) in [4.78, 5) is 30.5. The minimum absolute atomic E-state index is 0.0847. The molecule has 8 heteroatoms. The summed E-state index contributed by atoms with van der Waals surface area (Å²) in [6.07, 6.45) is 1.36. The molecule has 24 heavy (non-hydrogen) atoms. The maximum absolute atomic E-state index is 12.5. The molecule has 1 aliphatic rings. The number of amides is 1. The smallest absolute Gasteiger partial charge is 0.267 e. The number of fused-ring (bicyclic) bond motifs is 1. The quantitative estimate of drug-likeness (QED) is 0.760. The van der Waals surface area contributed by atoms with Crippen molar-refractivity contribution in [3.63, 3.8) is 0 Å². The SMILES string of the molecule is CN(CCOc1ccccc1Cl)C(=O)c1cnc2n(c1=O)CCS2. The summed E-state index contributed by atoms with van der Waals surface area (Å²) < 4.78 is 7.12. The number of nitrogens with zero attached hydrogens (tertiary/aromatic N) is 3. The molecule has 0 unspecified atom stereocenters. The Morgan fingerprint density at radius 1 is 1.46 bits per heavy atom. The van der Waals surface area contributed by atoms with Crippen molar-refractivity contribution in [1.82, 2.24) is 14.5 Å². The van der Waals surface area contributed by atoms with Crippen molar-refractivity contribution in [2.24, 2.45) is 0 Å². The van der Waals surface area contributed by atoms with E-state index in [1.54, 1.807) is 23.7 Å². The highest BCUT2D eigenvalue weighted by molar-refractivity contribution is 7.99. The van der Waals surface area contributed by atoms with E-state index in [-0.39, 0.29) is 23.6 Å². The van der Waals surface area contributed by atoms with Gasteiger partial charge in [0.15, 0.2) is 5.16 Å². The van der Waals surface area contributed by atoms with Crippen molar-refractivity contribution in [3.05, 3.63) is 51.4 Å². The molecule has 1 aromatic heterocycles. The average Bonchev–Trinajstić information content (AvgIpc) is 3.06. The van der Waals surface area contributed by atoms with Crippen LogP contribution in [0.25, 0.3) is 0 Å². The molecule has 0 saturated heterocycles. The van der Waals surface area contributed by atoms with Gasteiger partial charge in [-0.05, 0) is 12.1 Å². The molecule has 0 fully saturated rings. The Morgan fingerprint density at radius 2 is 2.25 bits per heavy atom. The number of hydrogen-bond donors (Lipinski definition) is 0.